The summed E-state index contributed by atoms with van der Waals surface area (Å²) in [6.07, 6.45) is 2.39. The quantitative estimate of drug-likeness (QED) is 0.223. The normalized spacial score (nSPS) is 13.4. The molecule has 1 aliphatic carbocycles. The van der Waals surface area contributed by atoms with E-state index in [1.165, 1.54) is 0 Å². The number of amides is 4. The van der Waals surface area contributed by atoms with E-state index in [0.29, 0.717) is 42.1 Å². The summed E-state index contributed by atoms with van der Waals surface area (Å²) in [5.74, 6) is 0.0255. The fraction of sp³-hybridized carbons (Fsp3) is 0.467. The van der Waals surface area contributed by atoms with Gasteiger partial charge in [-0.1, -0.05) is 24.6 Å². The van der Waals surface area contributed by atoms with E-state index in [1.54, 1.807) is 70.2 Å². The van der Waals surface area contributed by atoms with Gasteiger partial charge in [-0.25, -0.2) is 9.59 Å². The van der Waals surface area contributed by atoms with E-state index >= 15 is 0 Å². The second-order valence-corrected chi connectivity index (χ2v) is 10.7. The van der Waals surface area contributed by atoms with Crippen molar-refractivity contribution in [3.63, 3.8) is 0 Å². The Balaban J connectivity index is 1.51. The molecular weight excluding hydrogens is 528 g/mol. The summed E-state index contributed by atoms with van der Waals surface area (Å²) >= 11 is 0. The van der Waals surface area contributed by atoms with Crippen LogP contribution in [0.15, 0.2) is 48.5 Å². The number of para-hydroxylation sites is 2. The number of alkyl carbamates (subject to hydrolysis) is 1. The lowest BCUT2D eigenvalue weighted by atomic mass is 10.1. The Morgan fingerprint density at radius 2 is 1.61 bits per heavy atom. The Morgan fingerprint density at radius 3 is 2.27 bits per heavy atom. The molecule has 3 rings (SSSR count). The standard InChI is InChI=1S/C30H40N4O7/c1-5-39-28(37)34-25(27(36)31-20-11-10-12-22(19-20)40-21-17-18-21)15-8-9-16-26(35)32-23-13-6-7-14-24(23)33-29(38)41-30(2,3)4/h6-7,10-14,19,21,25H,5,8-9,15-18H2,1-4H3,(H,31,36)(H,32,35)(H,33,38)(H,34,37). The van der Waals surface area contributed by atoms with E-state index in [1.807, 2.05) is 6.07 Å². The summed E-state index contributed by atoms with van der Waals surface area (Å²) in [6.45, 7) is 7.14. The lowest BCUT2D eigenvalue weighted by molar-refractivity contribution is -0.118. The second kappa shape index (κ2) is 14.9. The minimum absolute atomic E-state index is 0.172. The van der Waals surface area contributed by atoms with Crippen molar-refractivity contribution in [3.05, 3.63) is 48.5 Å². The molecule has 1 atom stereocenters. The van der Waals surface area contributed by atoms with Crippen molar-refractivity contribution < 1.29 is 33.4 Å². The molecule has 2 aromatic carbocycles. The number of hydrogen-bond donors (Lipinski definition) is 4. The molecule has 1 aliphatic rings. The van der Waals surface area contributed by atoms with Crippen LogP contribution in [0.1, 0.15) is 66.2 Å². The van der Waals surface area contributed by atoms with Crippen molar-refractivity contribution in [2.75, 3.05) is 22.6 Å². The molecule has 0 saturated heterocycles. The molecule has 11 heteroatoms. The van der Waals surface area contributed by atoms with Gasteiger partial charge in [-0.2, -0.15) is 0 Å². The molecule has 4 N–H and O–H groups in total. The predicted molar refractivity (Wildman–Crippen MR) is 156 cm³/mol. The van der Waals surface area contributed by atoms with Gasteiger partial charge in [-0.15, -0.1) is 0 Å². The van der Waals surface area contributed by atoms with E-state index in [-0.39, 0.29) is 25.0 Å². The second-order valence-electron chi connectivity index (χ2n) is 10.7. The van der Waals surface area contributed by atoms with Gasteiger partial charge in [0.1, 0.15) is 17.4 Å². The molecule has 0 radical (unpaired) electrons. The third kappa shape index (κ3) is 11.8. The molecule has 2 aromatic rings. The molecule has 4 amide bonds. The first-order valence-corrected chi connectivity index (χ1v) is 13.9. The van der Waals surface area contributed by atoms with Gasteiger partial charge in [0.05, 0.1) is 24.1 Å². The highest BCUT2D eigenvalue weighted by molar-refractivity contribution is 5.98. The zero-order chi connectivity index (χ0) is 29.8. The summed E-state index contributed by atoms with van der Waals surface area (Å²) in [7, 11) is 0. The van der Waals surface area contributed by atoms with Gasteiger partial charge in [0.2, 0.25) is 11.8 Å². The van der Waals surface area contributed by atoms with Crippen molar-refractivity contribution in [3.8, 4) is 5.75 Å². The largest absolute Gasteiger partial charge is 0.490 e. The van der Waals surface area contributed by atoms with Gasteiger partial charge in [0.25, 0.3) is 0 Å². The lowest BCUT2D eigenvalue weighted by Gasteiger charge is -2.20. The number of rotatable bonds is 13. The molecule has 0 aliphatic heterocycles. The van der Waals surface area contributed by atoms with E-state index in [2.05, 4.69) is 21.3 Å². The molecule has 0 bridgehead atoms. The monoisotopic (exact) mass is 568 g/mol. The molecule has 1 unspecified atom stereocenters. The van der Waals surface area contributed by atoms with Crippen molar-refractivity contribution >= 4 is 41.1 Å². The smallest absolute Gasteiger partial charge is 0.412 e. The number of carbonyl (C=O) groups excluding carboxylic acids is 4. The molecule has 1 fully saturated rings. The van der Waals surface area contributed by atoms with E-state index in [4.69, 9.17) is 14.2 Å². The van der Waals surface area contributed by atoms with Crippen molar-refractivity contribution in [1.82, 2.24) is 5.32 Å². The molecule has 0 aromatic heterocycles. The molecule has 11 nitrogen and oxygen atoms in total. The Labute approximate surface area is 240 Å². The summed E-state index contributed by atoms with van der Waals surface area (Å²) < 4.78 is 16.0. The number of ether oxygens (including phenoxy) is 3. The average molecular weight is 569 g/mol. The Morgan fingerprint density at radius 1 is 0.902 bits per heavy atom. The van der Waals surface area contributed by atoms with E-state index in [9.17, 15) is 19.2 Å². The minimum atomic E-state index is -0.858. The van der Waals surface area contributed by atoms with Crippen molar-refractivity contribution in [2.45, 2.75) is 84.0 Å². The topological polar surface area (TPSA) is 144 Å². The molecule has 41 heavy (non-hydrogen) atoms. The van der Waals surface area contributed by atoms with Gasteiger partial charge in [0.15, 0.2) is 0 Å². The number of benzene rings is 2. The van der Waals surface area contributed by atoms with E-state index < -0.39 is 29.7 Å². The zero-order valence-corrected chi connectivity index (χ0v) is 24.1. The summed E-state index contributed by atoms with van der Waals surface area (Å²) in [5.41, 5.74) is 0.754. The van der Waals surface area contributed by atoms with Crippen LogP contribution in [-0.4, -0.2) is 48.4 Å². The molecular formula is C30H40N4O7. The number of unbranched alkanes of at least 4 members (excludes halogenated alkanes) is 1. The van der Waals surface area contributed by atoms with Gasteiger partial charge >= 0.3 is 12.2 Å². The van der Waals surface area contributed by atoms with Crippen molar-refractivity contribution in [2.24, 2.45) is 0 Å². The fourth-order valence-electron chi connectivity index (χ4n) is 3.80. The zero-order valence-electron chi connectivity index (χ0n) is 24.1. The predicted octanol–water partition coefficient (Wildman–Crippen LogP) is 5.83. The first kappa shape index (κ1) is 31.3. The highest BCUT2D eigenvalue weighted by atomic mass is 16.6. The number of carbonyl (C=O) groups is 4. The first-order valence-electron chi connectivity index (χ1n) is 13.9. The Bertz CT molecular complexity index is 1210. The number of nitrogens with one attached hydrogen (secondary N) is 4. The molecule has 0 spiro atoms. The third-order valence-corrected chi connectivity index (χ3v) is 5.80. The lowest BCUT2D eigenvalue weighted by Crippen LogP contribution is -2.44. The van der Waals surface area contributed by atoms with Crippen LogP contribution >= 0.6 is 0 Å². The van der Waals surface area contributed by atoms with Crippen LogP contribution in [0.5, 0.6) is 5.75 Å². The van der Waals surface area contributed by atoms with Gasteiger partial charge in [-0.05, 0) is 77.6 Å². The van der Waals surface area contributed by atoms with Gasteiger partial charge in [0, 0.05) is 18.2 Å². The maximum Gasteiger partial charge on any atom is 0.412 e. The van der Waals surface area contributed by atoms with Gasteiger partial charge in [-0.3, -0.25) is 14.9 Å². The van der Waals surface area contributed by atoms with E-state index in [0.717, 1.165) is 12.8 Å². The van der Waals surface area contributed by atoms with Crippen LogP contribution in [-0.2, 0) is 19.1 Å². The van der Waals surface area contributed by atoms with Crippen LogP contribution in [0, 0.1) is 0 Å². The van der Waals surface area contributed by atoms with Crippen LogP contribution < -0.4 is 26.0 Å². The fourth-order valence-corrected chi connectivity index (χ4v) is 3.80. The molecule has 222 valence electrons. The average Bonchev–Trinajstić information content (AvgIpc) is 3.70. The van der Waals surface area contributed by atoms with Crippen LogP contribution in [0.2, 0.25) is 0 Å². The maximum absolute atomic E-state index is 13.0. The molecule has 1 saturated carbocycles. The SMILES string of the molecule is CCOC(=O)NC(CCCCC(=O)Nc1ccccc1NC(=O)OC(C)(C)C)C(=O)Nc1cccc(OC2CC2)c1. The summed E-state index contributed by atoms with van der Waals surface area (Å²) in [5, 5.41) is 10.9. The van der Waals surface area contributed by atoms with Crippen LogP contribution in [0.4, 0.5) is 26.7 Å². The summed E-state index contributed by atoms with van der Waals surface area (Å²) in [4.78, 5) is 49.9. The molecule has 0 heterocycles. The maximum atomic E-state index is 13.0. The highest BCUT2D eigenvalue weighted by Crippen LogP contribution is 2.28. The summed E-state index contributed by atoms with van der Waals surface area (Å²) in [6, 6.07) is 13.1. The highest BCUT2D eigenvalue weighted by Gasteiger charge is 2.24. The number of anilines is 3. The minimum Gasteiger partial charge on any atom is -0.490 e. The number of hydrogen-bond acceptors (Lipinski definition) is 7. The van der Waals surface area contributed by atoms with Crippen LogP contribution in [0.3, 0.4) is 0 Å². The van der Waals surface area contributed by atoms with Crippen LogP contribution in [0.25, 0.3) is 0 Å². The Hall–Kier alpha value is -4.28. The third-order valence-electron chi connectivity index (χ3n) is 5.80. The Kier molecular flexibility index (Phi) is 11.4. The van der Waals surface area contributed by atoms with Crippen molar-refractivity contribution in [1.29, 1.82) is 0 Å². The first-order chi connectivity index (χ1) is 19.5. The van der Waals surface area contributed by atoms with Gasteiger partial charge < -0.3 is 30.2 Å².